The van der Waals surface area contributed by atoms with Gasteiger partial charge in [0, 0.05) is 0 Å². The number of nitrogens with zero attached hydrogens (tertiary/aromatic N) is 2. The smallest absolute Gasteiger partial charge is 0.295 e. The minimum Gasteiger partial charge on any atom is -0.412 e. The number of hydrogen-bond acceptors (Lipinski definition) is 8. The summed E-state index contributed by atoms with van der Waals surface area (Å²) >= 11 is 0. The van der Waals surface area contributed by atoms with Gasteiger partial charge in [-0.05, 0) is 234 Å². The van der Waals surface area contributed by atoms with Crippen molar-refractivity contribution in [3.63, 3.8) is 0 Å². The molecule has 21 fully saturated rings. The molecule has 0 amide bonds. The van der Waals surface area contributed by atoms with Gasteiger partial charge in [0.05, 0.1) is 11.2 Å². The van der Waals surface area contributed by atoms with E-state index in [1.165, 1.54) is 47.3 Å². The van der Waals surface area contributed by atoms with E-state index in [1.807, 2.05) is 83.1 Å². The summed E-state index contributed by atoms with van der Waals surface area (Å²) in [6, 6.07) is 0. The lowest BCUT2D eigenvalue weighted by atomic mass is 9.34. The Bertz CT molecular complexity index is 1320. The highest BCUT2D eigenvalue weighted by atomic mass is 17.0. The predicted molar refractivity (Wildman–Crippen MR) is 256 cm³/mol. The molecular formula is C54H96N2O9. The van der Waals surface area contributed by atoms with Gasteiger partial charge in [-0.1, -0.05) is 83.1 Å². The fraction of sp³-hybridized carbons (Fsp3) is 1.00. The maximum atomic E-state index is 10.9. The molecule has 0 unspecified atom stereocenters. The highest BCUT2D eigenvalue weighted by molar-refractivity contribution is 5.22. The molecule has 24 bridgehead atoms. The van der Waals surface area contributed by atoms with Crippen LogP contribution in [-0.4, -0.2) is 48.3 Å². The monoisotopic (exact) mass is 917 g/mol. The molecular weight excluding hydrogens is 821 g/mol. The molecule has 21 rings (SSSR count). The summed E-state index contributed by atoms with van der Waals surface area (Å²) in [7, 11) is 0. The summed E-state index contributed by atoms with van der Waals surface area (Å²) in [4.78, 5) is 32.1. The van der Waals surface area contributed by atoms with Crippen molar-refractivity contribution in [2.45, 2.75) is 221 Å². The quantitative estimate of drug-likeness (QED) is 0.207. The second-order valence-corrected chi connectivity index (χ2v) is 23.0. The van der Waals surface area contributed by atoms with Gasteiger partial charge in [-0.25, -0.2) is 0 Å². The molecule has 11 nitrogen and oxygen atoms in total. The summed E-state index contributed by atoms with van der Waals surface area (Å²) in [6.45, 7) is 24.0. The van der Waals surface area contributed by atoms with Crippen LogP contribution in [0.5, 0.6) is 0 Å². The molecule has 0 aromatic carbocycles. The maximum Gasteiger partial charge on any atom is 0.295 e. The molecule has 0 aliphatic heterocycles. The third-order valence-corrected chi connectivity index (χ3v) is 21.4. The van der Waals surface area contributed by atoms with Crippen molar-refractivity contribution >= 4 is 0 Å². The van der Waals surface area contributed by atoms with Crippen LogP contribution in [-0.2, 0) is 9.68 Å². The Kier molecular flexibility index (Phi) is 16.2. The fourth-order valence-electron chi connectivity index (χ4n) is 21.1. The van der Waals surface area contributed by atoms with Crippen LogP contribution in [0.1, 0.15) is 199 Å². The van der Waals surface area contributed by atoms with Crippen LogP contribution < -0.4 is 0 Å². The van der Waals surface area contributed by atoms with E-state index in [2.05, 4.69) is 0 Å². The summed E-state index contributed by atoms with van der Waals surface area (Å²) in [5.41, 5.74) is -1.74. The highest BCUT2D eigenvalue weighted by Crippen LogP contribution is 2.75. The second kappa shape index (κ2) is 19.9. The van der Waals surface area contributed by atoms with Gasteiger partial charge in [0.2, 0.25) is 0 Å². The van der Waals surface area contributed by atoms with E-state index in [0.29, 0.717) is 35.5 Å². The molecule has 0 radical (unpaired) electrons. The van der Waals surface area contributed by atoms with E-state index in [-0.39, 0.29) is 16.7 Å². The lowest BCUT2D eigenvalue weighted by molar-refractivity contribution is -0.792. The van der Waals surface area contributed by atoms with Gasteiger partial charge < -0.3 is 25.4 Å². The van der Waals surface area contributed by atoms with Gasteiger partial charge in [-0.2, -0.15) is 0 Å². The lowest BCUT2D eigenvalue weighted by Gasteiger charge is -2.73. The van der Waals surface area contributed by atoms with E-state index >= 15 is 0 Å². The summed E-state index contributed by atoms with van der Waals surface area (Å²) in [6.07, 6.45) is 20.7. The van der Waals surface area contributed by atoms with Gasteiger partial charge >= 0.3 is 0 Å². The molecule has 21 aliphatic carbocycles. The molecule has 11 heteroatoms. The average molecular weight is 917 g/mol. The first-order chi connectivity index (χ1) is 30.9. The number of rotatable bonds is 4. The third kappa shape index (κ3) is 8.39. The fourth-order valence-corrected chi connectivity index (χ4v) is 21.1. The Hall–Kier alpha value is -1.72. The molecule has 0 heterocycles. The molecule has 0 spiro atoms. The zero-order valence-corrected chi connectivity index (χ0v) is 43.0. The Morgan fingerprint density at radius 2 is 0.492 bits per heavy atom. The SMILES string of the molecule is C1C2CC3C4CC5CC(C14)C(C2)C3C5.CC.CC.CC.CC.CC.CC.O.O=[N+]([O-])OC12CC3C4CC5(O[N+](=O)[O-])CC3C(C1)C(C5)C4C2.OC12CC3C4CC5(O)CC3C(C1)C(C5)C4C2. The molecule has 0 atom stereocenters. The molecule has 376 valence electrons. The molecule has 0 aromatic rings. The normalized spacial score (nSPS) is 53.3. The van der Waals surface area contributed by atoms with E-state index < -0.39 is 21.4 Å². The van der Waals surface area contributed by atoms with E-state index in [9.17, 15) is 30.4 Å². The molecule has 0 saturated heterocycles. The minimum atomic E-state index is -0.621. The first-order valence-electron chi connectivity index (χ1n) is 28.0. The van der Waals surface area contributed by atoms with Gasteiger partial charge in [0.1, 0.15) is 11.2 Å². The van der Waals surface area contributed by atoms with Crippen LogP contribution in [0, 0.1) is 139 Å². The highest BCUT2D eigenvalue weighted by Gasteiger charge is 2.73. The standard InChI is InChI=1S/C14H18N2O6.C14H20O2.C14H20.6C2H6.H2O/c17-15(18)21-13-1-7-8-4-14(22-16(19)20)5-9(7)11(3-13)12(6-14)10(8)2-13;15-13-1-7-8-4-14(16)5-9(7)11(3-13)12(6-14)10(8)2-13;1-7-2-12-10-4-8-5-11(9(1)10)13(3-7)14(12)6-8;6*1-2;/h7-12H,1-6H2;7-12,15-16H,1-6H2;7-14H,1-6H2;6*1-2H3;1H2. The first-order valence-corrected chi connectivity index (χ1v) is 28.0. The zero-order chi connectivity index (χ0) is 46.8. The Labute approximate surface area is 394 Å². The summed E-state index contributed by atoms with van der Waals surface area (Å²) in [5.74, 6) is 16.9. The van der Waals surface area contributed by atoms with E-state index in [4.69, 9.17) is 9.68 Å². The van der Waals surface area contributed by atoms with Gasteiger partial charge in [0.15, 0.2) is 0 Å². The summed E-state index contributed by atoms with van der Waals surface area (Å²) in [5, 5.41) is 41.7. The van der Waals surface area contributed by atoms with Gasteiger partial charge in [-0.15, -0.1) is 20.2 Å². The largest absolute Gasteiger partial charge is 0.412 e. The topological polar surface area (TPSA) is 177 Å². The van der Waals surface area contributed by atoms with Gasteiger partial charge in [0.25, 0.3) is 10.2 Å². The van der Waals surface area contributed by atoms with Crippen molar-refractivity contribution in [1.29, 1.82) is 0 Å². The van der Waals surface area contributed by atoms with Crippen molar-refractivity contribution < 1.29 is 35.5 Å². The van der Waals surface area contributed by atoms with Crippen molar-refractivity contribution in [2.24, 2.45) is 118 Å². The minimum absolute atomic E-state index is 0. The van der Waals surface area contributed by atoms with Gasteiger partial charge in [-0.3, -0.25) is 0 Å². The molecule has 0 aromatic heterocycles. The molecule has 4 N–H and O–H groups in total. The van der Waals surface area contributed by atoms with Crippen LogP contribution in [0.3, 0.4) is 0 Å². The predicted octanol–water partition coefficient (Wildman–Crippen LogP) is 12.2. The maximum absolute atomic E-state index is 10.9. The average Bonchev–Trinajstić information content (AvgIpc) is 3.31. The van der Waals surface area contributed by atoms with Crippen LogP contribution in [0.2, 0.25) is 0 Å². The van der Waals surface area contributed by atoms with Crippen molar-refractivity contribution in [3.8, 4) is 0 Å². The molecule has 65 heavy (non-hydrogen) atoms. The van der Waals surface area contributed by atoms with Crippen molar-refractivity contribution in [3.05, 3.63) is 20.2 Å². The van der Waals surface area contributed by atoms with Crippen LogP contribution >= 0.6 is 0 Å². The van der Waals surface area contributed by atoms with Crippen LogP contribution in [0.25, 0.3) is 0 Å². The molecule has 21 saturated carbocycles. The first kappa shape index (κ1) is 52.6. The van der Waals surface area contributed by atoms with Crippen molar-refractivity contribution in [1.82, 2.24) is 0 Å². The third-order valence-electron chi connectivity index (χ3n) is 21.4. The summed E-state index contributed by atoms with van der Waals surface area (Å²) < 4.78 is 0. The van der Waals surface area contributed by atoms with Crippen LogP contribution in [0.15, 0.2) is 0 Å². The van der Waals surface area contributed by atoms with Crippen molar-refractivity contribution in [2.75, 3.05) is 0 Å². The Balaban J connectivity index is 0.000000146. The number of hydrogen-bond donors (Lipinski definition) is 2. The second-order valence-electron chi connectivity index (χ2n) is 23.0. The zero-order valence-electron chi connectivity index (χ0n) is 43.0. The lowest BCUT2D eigenvalue weighted by Crippen LogP contribution is -2.72. The van der Waals surface area contributed by atoms with Crippen LogP contribution in [0.4, 0.5) is 0 Å². The molecule has 21 aliphatic rings. The Morgan fingerprint density at radius 3 is 0.646 bits per heavy atom. The van der Waals surface area contributed by atoms with E-state index in [1.54, 1.807) is 38.5 Å². The van der Waals surface area contributed by atoms with E-state index in [0.717, 1.165) is 113 Å². The number of aliphatic hydroxyl groups is 2. The Morgan fingerprint density at radius 1 is 0.338 bits per heavy atom.